The Balaban J connectivity index is 2.36. The SMILES string of the molecule is CC(NC(=O)N[C@H](CCO)C(=O)O)C1CCOC1. The Morgan fingerprint density at radius 3 is 2.67 bits per heavy atom. The first-order chi connectivity index (χ1) is 8.54. The van der Waals surface area contributed by atoms with Crippen molar-refractivity contribution in [2.24, 2.45) is 5.92 Å². The molecule has 0 saturated carbocycles. The van der Waals surface area contributed by atoms with Gasteiger partial charge in [-0.1, -0.05) is 0 Å². The minimum absolute atomic E-state index is 0.0102. The van der Waals surface area contributed by atoms with Crippen molar-refractivity contribution >= 4 is 12.0 Å². The number of hydrogen-bond donors (Lipinski definition) is 4. The molecular weight excluding hydrogens is 240 g/mol. The van der Waals surface area contributed by atoms with Gasteiger partial charge in [0.1, 0.15) is 6.04 Å². The Hall–Kier alpha value is -1.34. The molecule has 4 N–H and O–H groups in total. The first kappa shape index (κ1) is 14.7. The molecule has 1 saturated heterocycles. The molecule has 1 rings (SSSR count). The second-order valence-corrected chi connectivity index (χ2v) is 4.43. The summed E-state index contributed by atoms with van der Waals surface area (Å²) in [6, 6.07) is -1.67. The lowest BCUT2D eigenvalue weighted by Crippen LogP contribution is -2.50. The van der Waals surface area contributed by atoms with Gasteiger partial charge in [0.25, 0.3) is 0 Å². The van der Waals surface area contributed by atoms with E-state index in [1.54, 1.807) is 0 Å². The molecule has 18 heavy (non-hydrogen) atoms. The van der Waals surface area contributed by atoms with Crippen molar-refractivity contribution in [3.05, 3.63) is 0 Å². The highest BCUT2D eigenvalue weighted by molar-refractivity contribution is 5.82. The standard InChI is InChI=1S/C11H20N2O5/c1-7(8-3-5-18-6-8)12-11(17)13-9(2-4-14)10(15)16/h7-9,14H,2-6H2,1H3,(H,15,16)(H2,12,13,17)/t7?,8?,9-/m1/s1. The third-order valence-corrected chi connectivity index (χ3v) is 3.05. The number of aliphatic hydroxyl groups is 1. The minimum atomic E-state index is -1.16. The van der Waals surface area contributed by atoms with Crippen LogP contribution in [0.25, 0.3) is 0 Å². The fourth-order valence-electron chi connectivity index (χ4n) is 1.86. The number of aliphatic carboxylic acids is 1. The maximum atomic E-state index is 11.6. The second kappa shape index (κ2) is 7.17. The molecule has 2 amide bonds. The molecule has 0 bridgehead atoms. The van der Waals surface area contributed by atoms with E-state index >= 15 is 0 Å². The molecule has 0 aliphatic carbocycles. The van der Waals surface area contributed by atoms with Gasteiger partial charge in [-0.2, -0.15) is 0 Å². The van der Waals surface area contributed by atoms with Gasteiger partial charge in [-0.05, 0) is 13.3 Å². The van der Waals surface area contributed by atoms with E-state index < -0.39 is 18.0 Å². The average molecular weight is 260 g/mol. The second-order valence-electron chi connectivity index (χ2n) is 4.43. The molecule has 1 aliphatic rings. The zero-order valence-corrected chi connectivity index (χ0v) is 10.4. The maximum Gasteiger partial charge on any atom is 0.326 e. The Labute approximate surface area is 106 Å². The summed E-state index contributed by atoms with van der Waals surface area (Å²) >= 11 is 0. The number of ether oxygens (including phenoxy) is 1. The smallest absolute Gasteiger partial charge is 0.326 e. The predicted molar refractivity (Wildman–Crippen MR) is 63.2 cm³/mol. The van der Waals surface area contributed by atoms with Crippen molar-refractivity contribution < 1.29 is 24.5 Å². The van der Waals surface area contributed by atoms with Crippen LogP contribution in [0.2, 0.25) is 0 Å². The molecule has 104 valence electrons. The van der Waals surface area contributed by atoms with Crippen LogP contribution in [0.1, 0.15) is 19.8 Å². The molecule has 7 nitrogen and oxygen atoms in total. The van der Waals surface area contributed by atoms with E-state index in [-0.39, 0.29) is 25.0 Å². The third kappa shape index (κ3) is 4.50. The quantitative estimate of drug-likeness (QED) is 0.517. The summed E-state index contributed by atoms with van der Waals surface area (Å²) in [7, 11) is 0. The fourth-order valence-corrected chi connectivity index (χ4v) is 1.86. The molecule has 1 aliphatic heterocycles. The van der Waals surface area contributed by atoms with E-state index in [1.165, 1.54) is 0 Å². The zero-order valence-electron chi connectivity index (χ0n) is 10.4. The highest BCUT2D eigenvalue weighted by Crippen LogP contribution is 2.16. The van der Waals surface area contributed by atoms with Crippen molar-refractivity contribution in [1.82, 2.24) is 10.6 Å². The lowest BCUT2D eigenvalue weighted by Gasteiger charge is -2.21. The van der Waals surface area contributed by atoms with E-state index in [2.05, 4.69) is 10.6 Å². The van der Waals surface area contributed by atoms with Crippen molar-refractivity contribution in [2.75, 3.05) is 19.8 Å². The van der Waals surface area contributed by atoms with Crippen LogP contribution >= 0.6 is 0 Å². The topological polar surface area (TPSA) is 108 Å². The van der Waals surface area contributed by atoms with E-state index in [1.807, 2.05) is 6.92 Å². The van der Waals surface area contributed by atoms with Gasteiger partial charge in [0.2, 0.25) is 0 Å². The highest BCUT2D eigenvalue weighted by atomic mass is 16.5. The number of carboxylic acid groups (broad SMARTS) is 1. The Morgan fingerprint density at radius 2 is 2.17 bits per heavy atom. The van der Waals surface area contributed by atoms with Crippen LogP contribution in [0.4, 0.5) is 4.79 Å². The van der Waals surface area contributed by atoms with E-state index in [4.69, 9.17) is 14.9 Å². The van der Waals surface area contributed by atoms with Gasteiger partial charge in [-0.3, -0.25) is 0 Å². The van der Waals surface area contributed by atoms with Crippen LogP contribution in [0.15, 0.2) is 0 Å². The number of hydrogen-bond acceptors (Lipinski definition) is 4. The minimum Gasteiger partial charge on any atom is -0.480 e. The Morgan fingerprint density at radius 1 is 1.44 bits per heavy atom. The molecule has 0 radical (unpaired) electrons. The van der Waals surface area contributed by atoms with Crippen LogP contribution in [-0.4, -0.2) is 54.1 Å². The lowest BCUT2D eigenvalue weighted by atomic mass is 10.0. The fraction of sp³-hybridized carbons (Fsp3) is 0.818. The number of carbonyl (C=O) groups excluding carboxylic acids is 1. The lowest BCUT2D eigenvalue weighted by molar-refractivity contribution is -0.139. The Kier molecular flexibility index (Phi) is 5.87. The zero-order chi connectivity index (χ0) is 13.5. The summed E-state index contributed by atoms with van der Waals surface area (Å²) in [5, 5.41) is 22.5. The summed E-state index contributed by atoms with van der Waals surface area (Å²) in [4.78, 5) is 22.4. The molecule has 0 aromatic rings. The first-order valence-corrected chi connectivity index (χ1v) is 6.03. The van der Waals surface area contributed by atoms with Crippen molar-refractivity contribution in [1.29, 1.82) is 0 Å². The molecular formula is C11H20N2O5. The number of carboxylic acids is 1. The van der Waals surface area contributed by atoms with Crippen LogP contribution < -0.4 is 10.6 Å². The van der Waals surface area contributed by atoms with E-state index in [9.17, 15) is 9.59 Å². The van der Waals surface area contributed by atoms with Crippen molar-refractivity contribution in [3.8, 4) is 0 Å². The number of carbonyl (C=O) groups is 2. The largest absolute Gasteiger partial charge is 0.480 e. The van der Waals surface area contributed by atoms with Gasteiger partial charge in [0.05, 0.1) is 6.61 Å². The molecule has 1 fully saturated rings. The number of nitrogens with one attached hydrogen (secondary N) is 2. The molecule has 0 aromatic carbocycles. The molecule has 0 aromatic heterocycles. The summed E-state index contributed by atoms with van der Waals surface area (Å²) in [5.41, 5.74) is 0. The van der Waals surface area contributed by atoms with Crippen LogP contribution in [0, 0.1) is 5.92 Å². The normalized spacial score (nSPS) is 22.2. The van der Waals surface area contributed by atoms with Gasteiger partial charge >= 0.3 is 12.0 Å². The predicted octanol–water partition coefficient (Wildman–Crippen LogP) is -0.454. The van der Waals surface area contributed by atoms with Gasteiger partial charge < -0.3 is 25.6 Å². The summed E-state index contributed by atoms with van der Waals surface area (Å²) < 4.78 is 5.22. The number of aliphatic hydroxyl groups excluding tert-OH is 1. The summed E-state index contributed by atoms with van der Waals surface area (Å²) in [6.45, 7) is 2.88. The number of urea groups is 1. The van der Waals surface area contributed by atoms with Gasteiger partial charge in [0.15, 0.2) is 0 Å². The van der Waals surface area contributed by atoms with Crippen LogP contribution in [-0.2, 0) is 9.53 Å². The molecule has 7 heteroatoms. The maximum absolute atomic E-state index is 11.6. The molecule has 0 spiro atoms. The van der Waals surface area contributed by atoms with Gasteiger partial charge in [-0.15, -0.1) is 0 Å². The molecule has 3 atom stereocenters. The van der Waals surface area contributed by atoms with Crippen LogP contribution in [0.3, 0.4) is 0 Å². The van der Waals surface area contributed by atoms with E-state index in [0.29, 0.717) is 13.2 Å². The molecule has 2 unspecified atom stereocenters. The van der Waals surface area contributed by atoms with Crippen molar-refractivity contribution in [2.45, 2.75) is 31.8 Å². The van der Waals surface area contributed by atoms with E-state index in [0.717, 1.165) is 6.42 Å². The van der Waals surface area contributed by atoms with Crippen molar-refractivity contribution in [3.63, 3.8) is 0 Å². The summed E-state index contributed by atoms with van der Waals surface area (Å²) in [6.07, 6.45) is 0.879. The number of amides is 2. The molecule has 1 heterocycles. The third-order valence-electron chi connectivity index (χ3n) is 3.05. The van der Waals surface area contributed by atoms with Gasteiger partial charge in [0, 0.05) is 31.6 Å². The van der Waals surface area contributed by atoms with Crippen LogP contribution in [0.5, 0.6) is 0 Å². The summed E-state index contributed by atoms with van der Waals surface area (Å²) in [5.74, 6) is -0.895. The first-order valence-electron chi connectivity index (χ1n) is 6.03. The average Bonchev–Trinajstić information content (AvgIpc) is 2.81. The Bertz CT molecular complexity index is 291. The number of rotatable bonds is 6. The van der Waals surface area contributed by atoms with Gasteiger partial charge in [-0.25, -0.2) is 9.59 Å². The monoisotopic (exact) mass is 260 g/mol. The highest BCUT2D eigenvalue weighted by Gasteiger charge is 2.25.